The van der Waals surface area contributed by atoms with Gasteiger partial charge in [-0.2, -0.15) is 0 Å². The van der Waals surface area contributed by atoms with Gasteiger partial charge in [0.2, 0.25) is 0 Å². The molecule has 0 spiro atoms. The number of anilines is 1. The molecule has 16 nitrogen and oxygen atoms in total. The predicted molar refractivity (Wildman–Crippen MR) is 220 cm³/mol. The number of carbonyl (C=O) groups is 4. The number of aliphatic hydroxyl groups is 2. The molecule has 1 fully saturated rings. The minimum absolute atomic E-state index is 0.0638. The van der Waals surface area contributed by atoms with E-state index in [1.54, 1.807) is 44.7 Å². The molecule has 5 bridgehead atoms. The molecule has 5 N–H and O–H groups in total. The van der Waals surface area contributed by atoms with E-state index in [9.17, 15) is 39.6 Å². The number of rotatable bonds is 5. The summed E-state index contributed by atoms with van der Waals surface area (Å²) in [6, 6.07) is 1.03. The van der Waals surface area contributed by atoms with Gasteiger partial charge < -0.3 is 59.1 Å². The van der Waals surface area contributed by atoms with Gasteiger partial charge in [-0.05, 0) is 26.8 Å². The largest absolute Gasteiger partial charge is 0.507 e. The van der Waals surface area contributed by atoms with Gasteiger partial charge >= 0.3 is 11.8 Å². The summed E-state index contributed by atoms with van der Waals surface area (Å²) in [5, 5.41) is 48.5. The smallest absolute Gasteiger partial charge is 0.312 e. The quantitative estimate of drug-likeness (QED) is 0.204. The van der Waals surface area contributed by atoms with Crippen LogP contribution in [0.1, 0.15) is 71.3 Å². The highest BCUT2D eigenvalue weighted by atomic mass is 16.7. The molecule has 328 valence electrons. The number of carbonyl (C=O) groups excluding carboxylic acids is 4. The SMILES string of the molecule is CO[C@H]1/C=C/O[C@@]2(C)Oc3c(C)c(O)c4c(O)c(cc(OCC(=O)N5CCOCC5C)c4c3C2=O)NC(=O)/C(C)=C\C=C\[C@H](C)[C@H](O)[C@@H](C)[C@@H](O)[C@@H](C)[C@H](OC(C)=O)[C@@H]1C. The first-order valence-electron chi connectivity index (χ1n) is 20.1. The van der Waals surface area contributed by atoms with Gasteiger partial charge in [0.25, 0.3) is 17.6 Å². The van der Waals surface area contributed by atoms with Crippen LogP contribution in [0.3, 0.4) is 0 Å². The highest BCUT2D eigenvalue weighted by Gasteiger charge is 2.50. The number of amides is 2. The summed E-state index contributed by atoms with van der Waals surface area (Å²) in [7, 11) is 1.44. The van der Waals surface area contributed by atoms with Crippen LogP contribution < -0.4 is 14.8 Å². The number of ketones is 1. The normalized spacial score (nSPS) is 32.4. The summed E-state index contributed by atoms with van der Waals surface area (Å²) in [5.74, 6) is -8.10. The van der Waals surface area contributed by atoms with Gasteiger partial charge in [-0.3, -0.25) is 19.2 Å². The average molecular weight is 839 g/mol. The van der Waals surface area contributed by atoms with Crippen LogP contribution in [-0.4, -0.2) is 119 Å². The number of methoxy groups -OCH3 is 1. The molecule has 2 aromatic rings. The number of nitrogens with zero attached hydrogens (tertiary/aromatic N) is 1. The Hall–Kier alpha value is -5.16. The Morgan fingerprint density at radius 2 is 1.68 bits per heavy atom. The second-order valence-electron chi connectivity index (χ2n) is 16.2. The molecule has 0 aliphatic carbocycles. The van der Waals surface area contributed by atoms with Crippen molar-refractivity contribution in [3.63, 3.8) is 0 Å². The van der Waals surface area contributed by atoms with E-state index in [2.05, 4.69) is 5.32 Å². The Bertz CT molecular complexity index is 2080. The second kappa shape index (κ2) is 18.6. The molecule has 0 radical (unpaired) electrons. The number of hydrogen-bond acceptors (Lipinski definition) is 14. The van der Waals surface area contributed by atoms with Gasteiger partial charge in [0.15, 0.2) is 12.4 Å². The number of aliphatic hydroxyl groups excluding tert-OH is 2. The van der Waals surface area contributed by atoms with Gasteiger partial charge in [-0.15, -0.1) is 0 Å². The number of fused-ring (bicyclic) bond motifs is 14. The van der Waals surface area contributed by atoms with Crippen molar-refractivity contribution in [3.05, 3.63) is 53.3 Å². The molecule has 4 aliphatic rings. The second-order valence-corrected chi connectivity index (χ2v) is 16.2. The van der Waals surface area contributed by atoms with E-state index in [-0.39, 0.29) is 56.6 Å². The number of phenolic OH excluding ortho intramolecular Hbond substituents is 2. The van der Waals surface area contributed by atoms with Crippen molar-refractivity contribution in [2.45, 2.75) is 98.6 Å². The van der Waals surface area contributed by atoms with Gasteiger partial charge in [-0.25, -0.2) is 0 Å². The lowest BCUT2D eigenvalue weighted by Gasteiger charge is -2.38. The molecule has 4 heterocycles. The summed E-state index contributed by atoms with van der Waals surface area (Å²) in [6.45, 7) is 14.9. The fraction of sp³-hybridized carbons (Fsp3) is 0.545. The molecule has 6 rings (SSSR count). The van der Waals surface area contributed by atoms with E-state index in [0.717, 1.165) is 0 Å². The highest BCUT2D eigenvalue weighted by Crippen LogP contribution is 2.54. The van der Waals surface area contributed by atoms with Crippen LogP contribution in [0, 0.1) is 30.6 Å². The third kappa shape index (κ3) is 9.11. The molecular weight excluding hydrogens is 780 g/mol. The Kier molecular flexibility index (Phi) is 14.3. The molecule has 1 unspecified atom stereocenters. The Balaban J connectivity index is 1.66. The molecule has 0 saturated carbocycles. The Morgan fingerprint density at radius 1 is 0.983 bits per heavy atom. The van der Waals surface area contributed by atoms with Crippen LogP contribution in [-0.2, 0) is 33.3 Å². The number of phenols is 2. The summed E-state index contributed by atoms with van der Waals surface area (Å²) in [4.78, 5) is 55.5. The van der Waals surface area contributed by atoms with Crippen LogP contribution >= 0.6 is 0 Å². The van der Waals surface area contributed by atoms with E-state index in [1.807, 2.05) is 6.92 Å². The number of aromatic hydroxyl groups is 2. The molecule has 4 aliphatic heterocycles. The van der Waals surface area contributed by atoms with E-state index < -0.39 is 89.6 Å². The minimum atomic E-state index is -2.03. The van der Waals surface area contributed by atoms with Crippen molar-refractivity contribution in [2.75, 3.05) is 38.8 Å². The molecule has 1 saturated heterocycles. The summed E-state index contributed by atoms with van der Waals surface area (Å²) >= 11 is 0. The number of esters is 1. The van der Waals surface area contributed by atoms with Crippen molar-refractivity contribution < 1.29 is 68.0 Å². The first-order chi connectivity index (χ1) is 28.2. The summed E-state index contributed by atoms with van der Waals surface area (Å²) in [6.07, 6.45) is 3.57. The Labute approximate surface area is 349 Å². The van der Waals surface area contributed by atoms with Gasteiger partial charge in [-0.1, -0.05) is 45.9 Å². The third-order valence-electron chi connectivity index (χ3n) is 11.9. The molecule has 2 amide bonds. The number of nitrogens with one attached hydrogen (secondary N) is 1. The molecule has 0 aromatic heterocycles. The van der Waals surface area contributed by atoms with Crippen LogP contribution in [0.2, 0.25) is 0 Å². The van der Waals surface area contributed by atoms with Crippen molar-refractivity contribution in [1.29, 1.82) is 0 Å². The van der Waals surface area contributed by atoms with Crippen molar-refractivity contribution in [3.8, 4) is 23.0 Å². The van der Waals surface area contributed by atoms with E-state index in [0.29, 0.717) is 19.8 Å². The fourth-order valence-electron chi connectivity index (χ4n) is 8.07. The minimum Gasteiger partial charge on any atom is -0.507 e. The van der Waals surface area contributed by atoms with Gasteiger partial charge in [0.1, 0.15) is 23.4 Å². The van der Waals surface area contributed by atoms with Crippen LogP contribution in [0.15, 0.2) is 42.2 Å². The van der Waals surface area contributed by atoms with Crippen molar-refractivity contribution in [2.24, 2.45) is 23.7 Å². The maximum atomic E-state index is 14.5. The maximum absolute atomic E-state index is 14.5. The monoisotopic (exact) mass is 838 g/mol. The average Bonchev–Trinajstić information content (AvgIpc) is 3.48. The van der Waals surface area contributed by atoms with Crippen LogP contribution in [0.25, 0.3) is 10.8 Å². The predicted octanol–water partition coefficient (Wildman–Crippen LogP) is 4.67. The number of hydrogen-bond donors (Lipinski definition) is 5. The van der Waals surface area contributed by atoms with E-state index in [1.165, 1.54) is 59.3 Å². The molecule has 10 atom stereocenters. The lowest BCUT2D eigenvalue weighted by Crippen LogP contribution is -2.48. The van der Waals surface area contributed by atoms with E-state index in [4.69, 9.17) is 28.4 Å². The van der Waals surface area contributed by atoms with E-state index >= 15 is 0 Å². The first kappa shape index (κ1) is 45.9. The number of benzene rings is 2. The van der Waals surface area contributed by atoms with Gasteiger partial charge in [0.05, 0.1) is 60.5 Å². The lowest BCUT2D eigenvalue weighted by atomic mass is 9.78. The first-order valence-corrected chi connectivity index (χ1v) is 20.1. The van der Waals surface area contributed by atoms with Crippen LogP contribution in [0.4, 0.5) is 5.69 Å². The number of allylic oxidation sites excluding steroid dienone is 2. The lowest BCUT2D eigenvalue weighted by molar-refractivity contribution is -0.160. The zero-order chi connectivity index (χ0) is 44.4. The number of Topliss-reactive ketones (excluding diaryl/α,β-unsaturated/α-hetero) is 1. The molecule has 60 heavy (non-hydrogen) atoms. The highest BCUT2D eigenvalue weighted by molar-refractivity contribution is 6.21. The summed E-state index contributed by atoms with van der Waals surface area (Å²) in [5.41, 5.74) is -0.0340. The van der Waals surface area contributed by atoms with Crippen LogP contribution in [0.5, 0.6) is 23.0 Å². The topological polar surface area (TPSA) is 220 Å². The standard InChI is InChI=1S/C44H58N2O14/c1-21-12-11-13-22(2)43(54)45-29-18-31(57-20-32(48)46-15-17-56-19-23(46)3)33-34(39(29)52)38(51)27(7)41-35(33)42(53)44(9,60-41)58-16-14-30(55-10)24(4)40(59-28(8)47)26(6)37(50)25(5)36(21)49/h11-14,16,18,21,23-26,30,36-37,40,49-52H,15,17,19-20H2,1-10H3,(H,45,54)/b12-11+,16-14+,22-13-/t21-,23?,24+,25+,26+,30-,36-,37+,40+,44-/m0/s1. The van der Waals surface area contributed by atoms with Gasteiger partial charge in [0, 0.05) is 73.8 Å². The zero-order valence-corrected chi connectivity index (χ0v) is 35.8. The van der Waals surface area contributed by atoms with Crippen molar-refractivity contribution in [1.82, 2.24) is 4.90 Å². The molecular formula is C44H58N2O14. The maximum Gasteiger partial charge on any atom is 0.312 e. The third-order valence-corrected chi connectivity index (χ3v) is 11.9. The number of morpholine rings is 1. The van der Waals surface area contributed by atoms with Crippen molar-refractivity contribution >= 4 is 40.0 Å². The molecule has 2 aromatic carbocycles. The Morgan fingerprint density at radius 3 is 2.33 bits per heavy atom. The summed E-state index contributed by atoms with van der Waals surface area (Å²) < 4.78 is 35.3. The fourth-order valence-corrected chi connectivity index (χ4v) is 8.07. The number of ether oxygens (including phenoxy) is 6. The molecule has 16 heteroatoms. The zero-order valence-electron chi connectivity index (χ0n) is 35.8.